The maximum Gasteiger partial charge on any atom is 0.311 e. The molecule has 4 nitrogen and oxygen atoms in total. The number of hydrogen-bond acceptors (Lipinski definition) is 4. The largest absolute Gasteiger partial charge is 0.465 e. The fourth-order valence-corrected chi connectivity index (χ4v) is 2.01. The van der Waals surface area contributed by atoms with Crippen LogP contribution in [0.4, 0.5) is 0 Å². The molecular formula is C16H31NO3. The number of esters is 1. The fraction of sp³-hybridized carbons (Fsp3) is 0.938. The lowest BCUT2D eigenvalue weighted by atomic mass is 9.89. The molecule has 0 saturated carbocycles. The van der Waals surface area contributed by atoms with Crippen LogP contribution in [-0.4, -0.2) is 50.3 Å². The van der Waals surface area contributed by atoms with Gasteiger partial charge in [-0.05, 0) is 38.6 Å². The molecule has 0 aromatic rings. The second kappa shape index (κ2) is 7.41. The zero-order chi connectivity index (χ0) is 15.2. The molecule has 1 saturated heterocycles. The average molecular weight is 285 g/mol. The Morgan fingerprint density at radius 3 is 2.25 bits per heavy atom. The van der Waals surface area contributed by atoms with Crippen LogP contribution < -0.4 is 0 Å². The molecule has 0 atom stereocenters. The van der Waals surface area contributed by atoms with Gasteiger partial charge in [0.2, 0.25) is 0 Å². The van der Waals surface area contributed by atoms with Crippen molar-refractivity contribution in [1.82, 2.24) is 4.90 Å². The van der Waals surface area contributed by atoms with Crippen molar-refractivity contribution in [1.29, 1.82) is 0 Å². The van der Waals surface area contributed by atoms with Crippen LogP contribution in [0.15, 0.2) is 0 Å². The predicted octanol–water partition coefficient (Wildman–Crippen LogP) is 2.71. The van der Waals surface area contributed by atoms with Crippen LogP contribution in [0.2, 0.25) is 0 Å². The van der Waals surface area contributed by atoms with Gasteiger partial charge in [0.25, 0.3) is 0 Å². The highest BCUT2D eigenvalue weighted by Gasteiger charge is 2.30. The molecular weight excluding hydrogens is 254 g/mol. The summed E-state index contributed by atoms with van der Waals surface area (Å²) < 4.78 is 10.8. The third-order valence-corrected chi connectivity index (χ3v) is 3.79. The molecule has 0 aromatic heterocycles. The molecule has 0 spiro atoms. The van der Waals surface area contributed by atoms with E-state index >= 15 is 0 Å². The molecule has 0 aromatic carbocycles. The summed E-state index contributed by atoms with van der Waals surface area (Å²) in [6, 6.07) is 0. The maximum atomic E-state index is 12.2. The summed E-state index contributed by atoms with van der Waals surface area (Å²) in [5.41, 5.74) is -0.200. The SMILES string of the molecule is CC(C)(C)CCOC(=O)C(C)(C)CCN1CCOCC1. The second-order valence-corrected chi connectivity index (χ2v) is 7.53. The zero-order valence-corrected chi connectivity index (χ0v) is 13.8. The van der Waals surface area contributed by atoms with Crippen molar-refractivity contribution < 1.29 is 14.3 Å². The highest BCUT2D eigenvalue weighted by Crippen LogP contribution is 2.24. The van der Waals surface area contributed by atoms with Crippen LogP contribution in [0.5, 0.6) is 0 Å². The van der Waals surface area contributed by atoms with E-state index in [1.165, 1.54) is 0 Å². The number of morpholine rings is 1. The molecule has 118 valence electrons. The number of ether oxygens (including phenoxy) is 2. The minimum atomic E-state index is -0.407. The Kier molecular flexibility index (Phi) is 6.46. The first kappa shape index (κ1) is 17.4. The number of hydrogen-bond donors (Lipinski definition) is 0. The Bertz CT molecular complexity index is 301. The van der Waals surface area contributed by atoms with Gasteiger partial charge >= 0.3 is 5.97 Å². The van der Waals surface area contributed by atoms with Crippen molar-refractivity contribution in [2.24, 2.45) is 10.8 Å². The Balaban J connectivity index is 2.28. The molecule has 4 heteroatoms. The first-order chi connectivity index (χ1) is 9.21. The molecule has 0 unspecified atom stereocenters. The molecule has 1 heterocycles. The fourth-order valence-electron chi connectivity index (χ4n) is 2.01. The molecule has 20 heavy (non-hydrogen) atoms. The first-order valence-corrected chi connectivity index (χ1v) is 7.68. The van der Waals surface area contributed by atoms with Crippen molar-refractivity contribution in [3.8, 4) is 0 Å². The topological polar surface area (TPSA) is 38.8 Å². The van der Waals surface area contributed by atoms with Gasteiger partial charge in [0.1, 0.15) is 0 Å². The van der Waals surface area contributed by atoms with Crippen LogP contribution in [0.3, 0.4) is 0 Å². The van der Waals surface area contributed by atoms with Gasteiger partial charge in [-0.2, -0.15) is 0 Å². The van der Waals surface area contributed by atoms with Crippen LogP contribution >= 0.6 is 0 Å². The number of nitrogens with zero attached hydrogens (tertiary/aromatic N) is 1. The van der Waals surface area contributed by atoms with E-state index < -0.39 is 5.41 Å². The number of carbonyl (C=O) groups is 1. The normalized spacial score (nSPS) is 18.1. The van der Waals surface area contributed by atoms with Crippen LogP contribution in [0.25, 0.3) is 0 Å². The molecule has 1 fully saturated rings. The molecule has 0 aliphatic carbocycles. The van der Waals surface area contributed by atoms with Gasteiger partial charge in [0.05, 0.1) is 25.2 Å². The lowest BCUT2D eigenvalue weighted by molar-refractivity contribution is -0.155. The maximum absolute atomic E-state index is 12.2. The van der Waals surface area contributed by atoms with Gasteiger partial charge in [0.15, 0.2) is 0 Å². The summed E-state index contributed by atoms with van der Waals surface area (Å²) in [7, 11) is 0. The Labute approximate surface area is 123 Å². The Morgan fingerprint density at radius 1 is 1.10 bits per heavy atom. The van der Waals surface area contributed by atoms with Crippen molar-refractivity contribution >= 4 is 5.97 Å². The quantitative estimate of drug-likeness (QED) is 0.703. The highest BCUT2D eigenvalue weighted by molar-refractivity contribution is 5.75. The van der Waals surface area contributed by atoms with E-state index in [-0.39, 0.29) is 11.4 Å². The van der Waals surface area contributed by atoms with E-state index in [4.69, 9.17) is 9.47 Å². The van der Waals surface area contributed by atoms with Gasteiger partial charge in [-0.15, -0.1) is 0 Å². The molecule has 0 bridgehead atoms. The third kappa shape index (κ3) is 6.71. The molecule has 1 rings (SSSR count). The van der Waals surface area contributed by atoms with E-state index in [1.807, 2.05) is 13.8 Å². The van der Waals surface area contributed by atoms with E-state index in [0.29, 0.717) is 6.61 Å². The molecule has 0 amide bonds. The third-order valence-electron chi connectivity index (χ3n) is 3.79. The predicted molar refractivity (Wildman–Crippen MR) is 80.7 cm³/mol. The zero-order valence-electron chi connectivity index (χ0n) is 13.8. The lowest BCUT2D eigenvalue weighted by Crippen LogP contribution is -2.39. The number of carbonyl (C=O) groups excluding carboxylic acids is 1. The highest BCUT2D eigenvalue weighted by atomic mass is 16.5. The van der Waals surface area contributed by atoms with Gasteiger partial charge in [-0.25, -0.2) is 0 Å². The smallest absolute Gasteiger partial charge is 0.311 e. The molecule has 0 radical (unpaired) electrons. The van der Waals surface area contributed by atoms with Crippen LogP contribution in [-0.2, 0) is 14.3 Å². The summed E-state index contributed by atoms with van der Waals surface area (Å²) in [4.78, 5) is 14.5. The van der Waals surface area contributed by atoms with Crippen molar-refractivity contribution in [3.05, 3.63) is 0 Å². The van der Waals surface area contributed by atoms with Gasteiger partial charge < -0.3 is 9.47 Å². The van der Waals surface area contributed by atoms with E-state index in [9.17, 15) is 4.79 Å². The summed E-state index contributed by atoms with van der Waals surface area (Å²) >= 11 is 0. The van der Waals surface area contributed by atoms with Gasteiger partial charge in [0, 0.05) is 13.1 Å². The first-order valence-electron chi connectivity index (χ1n) is 7.68. The summed E-state index contributed by atoms with van der Waals surface area (Å²) in [5, 5.41) is 0. The Hall–Kier alpha value is -0.610. The second-order valence-electron chi connectivity index (χ2n) is 7.53. The van der Waals surface area contributed by atoms with Crippen molar-refractivity contribution in [3.63, 3.8) is 0 Å². The van der Waals surface area contributed by atoms with E-state index in [1.54, 1.807) is 0 Å². The minimum absolute atomic E-state index is 0.0741. The van der Waals surface area contributed by atoms with Gasteiger partial charge in [-0.1, -0.05) is 20.8 Å². The summed E-state index contributed by atoms with van der Waals surface area (Å²) in [6.07, 6.45) is 1.74. The standard InChI is InChI=1S/C16H31NO3/c1-15(2,3)7-11-20-14(18)16(4,5)6-8-17-9-12-19-13-10-17/h6-13H2,1-5H3. The number of rotatable bonds is 6. The van der Waals surface area contributed by atoms with Crippen molar-refractivity contribution in [2.75, 3.05) is 39.5 Å². The van der Waals surface area contributed by atoms with E-state index in [0.717, 1.165) is 45.7 Å². The lowest BCUT2D eigenvalue weighted by Gasteiger charge is -2.30. The molecule has 0 N–H and O–H groups in total. The summed E-state index contributed by atoms with van der Waals surface area (Å²) in [5.74, 6) is -0.0741. The van der Waals surface area contributed by atoms with Crippen molar-refractivity contribution in [2.45, 2.75) is 47.5 Å². The molecule has 1 aliphatic heterocycles. The monoisotopic (exact) mass is 285 g/mol. The Morgan fingerprint density at radius 2 is 1.70 bits per heavy atom. The van der Waals surface area contributed by atoms with Crippen LogP contribution in [0.1, 0.15) is 47.5 Å². The van der Waals surface area contributed by atoms with Gasteiger partial charge in [-0.3, -0.25) is 9.69 Å². The molecule has 1 aliphatic rings. The average Bonchev–Trinajstić information content (AvgIpc) is 2.36. The van der Waals surface area contributed by atoms with E-state index in [2.05, 4.69) is 25.7 Å². The minimum Gasteiger partial charge on any atom is -0.465 e. The van der Waals surface area contributed by atoms with Crippen LogP contribution in [0, 0.1) is 10.8 Å². The summed E-state index contributed by atoms with van der Waals surface area (Å²) in [6.45, 7) is 15.4.